The maximum Gasteiger partial charge on any atom is 0.279 e. The molecule has 1 heterocycles. The third-order valence-corrected chi connectivity index (χ3v) is 4.15. The first kappa shape index (κ1) is 16.5. The Labute approximate surface area is 119 Å². The van der Waals surface area contributed by atoms with Crippen molar-refractivity contribution in [1.29, 1.82) is 5.41 Å². The molecule has 1 aromatic rings. The Morgan fingerprint density at radius 2 is 2.30 bits per heavy atom. The van der Waals surface area contributed by atoms with Crippen LogP contribution in [0.3, 0.4) is 0 Å². The van der Waals surface area contributed by atoms with Gasteiger partial charge in [-0.25, -0.2) is 4.72 Å². The lowest BCUT2D eigenvalue weighted by Crippen LogP contribution is -2.42. The monoisotopic (exact) mass is 299 g/mol. The summed E-state index contributed by atoms with van der Waals surface area (Å²) in [5, 5.41) is 7.23. The van der Waals surface area contributed by atoms with Gasteiger partial charge in [0.1, 0.15) is 0 Å². The van der Waals surface area contributed by atoms with Crippen LogP contribution >= 0.6 is 0 Å². The van der Waals surface area contributed by atoms with E-state index in [0.29, 0.717) is 13.0 Å². The van der Waals surface area contributed by atoms with Crippen molar-refractivity contribution in [3.63, 3.8) is 0 Å². The molecule has 0 aliphatic carbocycles. The molecule has 0 unspecified atom stereocenters. The Balaban J connectivity index is 2.81. The van der Waals surface area contributed by atoms with Crippen LogP contribution in [0.4, 0.5) is 0 Å². The van der Waals surface area contributed by atoms with Gasteiger partial charge < -0.3 is 5.73 Å². The fourth-order valence-corrected chi connectivity index (χ4v) is 2.84. The molecular weight excluding hydrogens is 278 g/mol. The molecular formula is C12H21N5O2S. The summed E-state index contributed by atoms with van der Waals surface area (Å²) in [5.41, 5.74) is 6.10. The molecule has 0 fully saturated rings. The standard InChI is InChI=1S/C12H21N5O2S/c1-2-6-16-20(18,19)17(8-5-12(13)14)10-11-4-3-7-15-9-11/h3-4,7,9,16H,2,5-6,8,10H2,1H3,(H3,13,14). The number of amidine groups is 1. The summed E-state index contributed by atoms with van der Waals surface area (Å²) in [7, 11) is -3.58. The molecule has 112 valence electrons. The van der Waals surface area contributed by atoms with Gasteiger partial charge in [-0.15, -0.1) is 0 Å². The number of nitrogens with two attached hydrogens (primary N) is 1. The average Bonchev–Trinajstić information content (AvgIpc) is 2.42. The molecule has 0 aliphatic heterocycles. The summed E-state index contributed by atoms with van der Waals surface area (Å²) in [6.45, 7) is 2.65. The van der Waals surface area contributed by atoms with Crippen LogP contribution in [0.5, 0.6) is 0 Å². The van der Waals surface area contributed by atoms with Crippen molar-refractivity contribution in [2.24, 2.45) is 5.73 Å². The number of hydrogen-bond acceptors (Lipinski definition) is 4. The van der Waals surface area contributed by atoms with Gasteiger partial charge in [-0.05, 0) is 18.1 Å². The molecule has 0 spiro atoms. The molecule has 0 bridgehead atoms. The molecule has 1 aromatic heterocycles. The van der Waals surface area contributed by atoms with E-state index in [-0.39, 0.29) is 25.3 Å². The maximum atomic E-state index is 12.2. The van der Waals surface area contributed by atoms with E-state index in [0.717, 1.165) is 5.56 Å². The first-order valence-electron chi connectivity index (χ1n) is 6.42. The van der Waals surface area contributed by atoms with Gasteiger partial charge in [-0.1, -0.05) is 13.0 Å². The fraction of sp³-hybridized carbons (Fsp3) is 0.500. The lowest BCUT2D eigenvalue weighted by Gasteiger charge is -2.22. The quantitative estimate of drug-likeness (QED) is 0.454. The molecule has 0 aromatic carbocycles. The van der Waals surface area contributed by atoms with Crippen LogP contribution in [-0.2, 0) is 16.8 Å². The molecule has 1 rings (SSSR count). The number of rotatable bonds is 9. The van der Waals surface area contributed by atoms with Gasteiger partial charge in [-0.3, -0.25) is 10.4 Å². The van der Waals surface area contributed by atoms with E-state index in [1.807, 2.05) is 13.0 Å². The zero-order valence-corrected chi connectivity index (χ0v) is 12.4. The second-order valence-corrected chi connectivity index (χ2v) is 6.12. The van der Waals surface area contributed by atoms with Crippen molar-refractivity contribution >= 4 is 16.0 Å². The summed E-state index contributed by atoms with van der Waals surface area (Å²) in [6, 6.07) is 3.56. The van der Waals surface area contributed by atoms with Crippen LogP contribution in [-0.4, -0.2) is 36.6 Å². The number of nitrogens with one attached hydrogen (secondary N) is 2. The second-order valence-electron chi connectivity index (χ2n) is 4.37. The predicted molar refractivity (Wildman–Crippen MR) is 78.4 cm³/mol. The van der Waals surface area contributed by atoms with E-state index in [1.165, 1.54) is 4.31 Å². The third-order valence-electron chi connectivity index (χ3n) is 2.59. The normalized spacial score (nSPS) is 11.7. The molecule has 7 nitrogen and oxygen atoms in total. The van der Waals surface area contributed by atoms with E-state index in [4.69, 9.17) is 11.1 Å². The minimum absolute atomic E-state index is 0.0353. The first-order chi connectivity index (χ1) is 9.45. The van der Waals surface area contributed by atoms with Crippen LogP contribution in [0.15, 0.2) is 24.5 Å². The van der Waals surface area contributed by atoms with Crippen LogP contribution in [0.1, 0.15) is 25.3 Å². The molecule has 20 heavy (non-hydrogen) atoms. The first-order valence-corrected chi connectivity index (χ1v) is 7.86. The van der Waals surface area contributed by atoms with Crippen molar-refractivity contribution < 1.29 is 8.42 Å². The molecule has 0 saturated carbocycles. The maximum absolute atomic E-state index is 12.2. The number of pyridine rings is 1. The van der Waals surface area contributed by atoms with E-state index in [1.54, 1.807) is 18.5 Å². The Morgan fingerprint density at radius 3 is 2.85 bits per heavy atom. The van der Waals surface area contributed by atoms with E-state index < -0.39 is 10.2 Å². The molecule has 0 atom stereocenters. The molecule has 8 heteroatoms. The van der Waals surface area contributed by atoms with Gasteiger partial charge >= 0.3 is 0 Å². The number of nitrogens with zero attached hydrogens (tertiary/aromatic N) is 2. The Morgan fingerprint density at radius 1 is 1.55 bits per heavy atom. The average molecular weight is 299 g/mol. The Bertz CT molecular complexity index is 518. The number of hydrogen-bond donors (Lipinski definition) is 3. The van der Waals surface area contributed by atoms with Gasteiger partial charge in [0.2, 0.25) is 0 Å². The zero-order chi connectivity index (χ0) is 15.0. The minimum atomic E-state index is -3.58. The van der Waals surface area contributed by atoms with Gasteiger partial charge in [0.15, 0.2) is 0 Å². The van der Waals surface area contributed by atoms with Gasteiger partial charge in [0.05, 0.1) is 5.84 Å². The summed E-state index contributed by atoms with van der Waals surface area (Å²) in [4.78, 5) is 3.97. The van der Waals surface area contributed by atoms with Crippen molar-refractivity contribution in [3.05, 3.63) is 30.1 Å². The molecule has 0 radical (unpaired) electrons. The van der Waals surface area contributed by atoms with Crippen molar-refractivity contribution in [2.75, 3.05) is 13.1 Å². The predicted octanol–water partition coefficient (Wildman–Crippen LogP) is 0.454. The van der Waals surface area contributed by atoms with Gasteiger partial charge in [-0.2, -0.15) is 12.7 Å². The zero-order valence-electron chi connectivity index (χ0n) is 11.5. The van der Waals surface area contributed by atoms with Gasteiger partial charge in [0.25, 0.3) is 10.2 Å². The van der Waals surface area contributed by atoms with Crippen LogP contribution in [0.2, 0.25) is 0 Å². The summed E-state index contributed by atoms with van der Waals surface area (Å²) in [5.74, 6) is -0.0353. The highest BCUT2D eigenvalue weighted by atomic mass is 32.2. The second kappa shape index (κ2) is 7.93. The summed E-state index contributed by atoms with van der Waals surface area (Å²) in [6.07, 6.45) is 4.17. The van der Waals surface area contributed by atoms with Crippen molar-refractivity contribution in [2.45, 2.75) is 26.3 Å². The molecule has 0 aliphatic rings. The lowest BCUT2D eigenvalue weighted by molar-refractivity contribution is 0.406. The smallest absolute Gasteiger partial charge is 0.279 e. The molecule has 0 amide bonds. The molecule has 0 saturated heterocycles. The highest BCUT2D eigenvalue weighted by molar-refractivity contribution is 7.87. The minimum Gasteiger partial charge on any atom is -0.388 e. The lowest BCUT2D eigenvalue weighted by atomic mass is 10.3. The fourth-order valence-electron chi connectivity index (χ4n) is 1.55. The molecule has 4 N–H and O–H groups in total. The SMILES string of the molecule is CCCNS(=O)(=O)N(CCC(=N)N)Cc1cccnc1. The summed E-state index contributed by atoms with van der Waals surface area (Å²) >= 11 is 0. The summed E-state index contributed by atoms with van der Waals surface area (Å²) < 4.78 is 28.2. The largest absolute Gasteiger partial charge is 0.388 e. The van der Waals surface area contributed by atoms with Gasteiger partial charge in [0, 0.05) is 38.4 Å². The highest BCUT2D eigenvalue weighted by Gasteiger charge is 2.21. The van der Waals surface area contributed by atoms with Crippen molar-refractivity contribution in [1.82, 2.24) is 14.0 Å². The van der Waals surface area contributed by atoms with Crippen LogP contribution in [0.25, 0.3) is 0 Å². The Kier molecular flexibility index (Phi) is 6.56. The number of aromatic nitrogens is 1. The highest BCUT2D eigenvalue weighted by Crippen LogP contribution is 2.08. The van der Waals surface area contributed by atoms with E-state index in [9.17, 15) is 8.42 Å². The van der Waals surface area contributed by atoms with Crippen molar-refractivity contribution in [3.8, 4) is 0 Å². The van der Waals surface area contributed by atoms with E-state index >= 15 is 0 Å². The van der Waals surface area contributed by atoms with Crippen LogP contribution in [0, 0.1) is 5.41 Å². The third kappa shape index (κ3) is 5.64. The Hall–Kier alpha value is -1.51. The van der Waals surface area contributed by atoms with Crippen LogP contribution < -0.4 is 10.5 Å². The van der Waals surface area contributed by atoms with E-state index in [2.05, 4.69) is 9.71 Å². The topological polar surface area (TPSA) is 112 Å².